The minimum Gasteiger partial charge on any atom is -0.380 e. The van der Waals surface area contributed by atoms with Crippen molar-refractivity contribution in [2.75, 3.05) is 31.6 Å². The zero-order valence-electron chi connectivity index (χ0n) is 17.0. The second-order valence-corrected chi connectivity index (χ2v) is 8.34. The average Bonchev–Trinajstić information content (AvgIpc) is 2.73. The van der Waals surface area contributed by atoms with Gasteiger partial charge in [0.15, 0.2) is 0 Å². The standard InChI is InChI=1S/C23H25F3N2O3/c24-23(25,26)19-3-1-16(2-4-19)13-28-11-9-17(10-12-28)21(29)27-20-7-5-18(6-8-20)22(30)14-31-15-22/h1-8,17,30H,9-15H2,(H,27,29). The molecule has 2 saturated heterocycles. The predicted molar refractivity (Wildman–Crippen MR) is 109 cm³/mol. The summed E-state index contributed by atoms with van der Waals surface area (Å²) in [7, 11) is 0. The number of rotatable bonds is 5. The number of nitrogens with one attached hydrogen (secondary N) is 1. The van der Waals surface area contributed by atoms with Crippen molar-refractivity contribution in [1.29, 1.82) is 0 Å². The quantitative estimate of drug-likeness (QED) is 0.752. The highest BCUT2D eigenvalue weighted by atomic mass is 19.4. The van der Waals surface area contributed by atoms with Gasteiger partial charge in [0.25, 0.3) is 0 Å². The Morgan fingerprint density at radius 1 is 1.06 bits per heavy atom. The lowest BCUT2D eigenvalue weighted by atomic mass is 9.92. The number of ether oxygens (including phenoxy) is 1. The van der Waals surface area contributed by atoms with E-state index < -0.39 is 17.3 Å². The van der Waals surface area contributed by atoms with Crippen molar-refractivity contribution >= 4 is 11.6 Å². The number of carbonyl (C=O) groups excluding carboxylic acids is 1. The van der Waals surface area contributed by atoms with Gasteiger partial charge in [-0.2, -0.15) is 13.2 Å². The molecule has 5 nitrogen and oxygen atoms in total. The highest BCUT2D eigenvalue weighted by Gasteiger charge is 2.37. The Morgan fingerprint density at radius 3 is 2.19 bits per heavy atom. The third-order valence-electron chi connectivity index (χ3n) is 6.02. The van der Waals surface area contributed by atoms with Gasteiger partial charge in [-0.25, -0.2) is 0 Å². The largest absolute Gasteiger partial charge is 0.416 e. The molecule has 0 radical (unpaired) electrons. The Bertz CT molecular complexity index is 901. The Hall–Kier alpha value is -2.42. The van der Waals surface area contributed by atoms with Crippen LogP contribution in [-0.4, -0.2) is 42.2 Å². The molecule has 0 atom stereocenters. The fourth-order valence-electron chi connectivity index (χ4n) is 3.98. The van der Waals surface area contributed by atoms with E-state index >= 15 is 0 Å². The first kappa shape index (κ1) is 21.8. The van der Waals surface area contributed by atoms with Crippen LogP contribution in [0.25, 0.3) is 0 Å². The fourth-order valence-corrected chi connectivity index (χ4v) is 3.98. The first-order valence-corrected chi connectivity index (χ1v) is 10.3. The van der Waals surface area contributed by atoms with Crippen LogP contribution in [0.2, 0.25) is 0 Å². The lowest BCUT2D eigenvalue weighted by Gasteiger charge is -2.36. The molecule has 2 aliphatic heterocycles. The van der Waals surface area contributed by atoms with E-state index in [1.807, 2.05) is 0 Å². The van der Waals surface area contributed by atoms with Crippen LogP contribution in [0.1, 0.15) is 29.5 Å². The molecule has 31 heavy (non-hydrogen) atoms. The number of anilines is 1. The predicted octanol–water partition coefficient (Wildman–Crippen LogP) is 3.77. The number of benzene rings is 2. The summed E-state index contributed by atoms with van der Waals surface area (Å²) >= 11 is 0. The van der Waals surface area contributed by atoms with Crippen molar-refractivity contribution in [1.82, 2.24) is 4.90 Å². The van der Waals surface area contributed by atoms with Gasteiger partial charge < -0.3 is 15.2 Å². The molecule has 2 aliphatic rings. The van der Waals surface area contributed by atoms with Gasteiger partial charge in [0.05, 0.1) is 18.8 Å². The zero-order chi connectivity index (χ0) is 22.1. The molecule has 0 aromatic heterocycles. The minimum absolute atomic E-state index is 0.0346. The van der Waals surface area contributed by atoms with E-state index in [0.717, 1.165) is 23.3 Å². The van der Waals surface area contributed by atoms with Crippen LogP contribution < -0.4 is 5.32 Å². The van der Waals surface area contributed by atoms with Gasteiger partial charge in [0.1, 0.15) is 5.60 Å². The van der Waals surface area contributed by atoms with Crippen molar-refractivity contribution in [3.63, 3.8) is 0 Å². The van der Waals surface area contributed by atoms with Crippen LogP contribution >= 0.6 is 0 Å². The van der Waals surface area contributed by atoms with Crippen molar-refractivity contribution in [2.24, 2.45) is 5.92 Å². The van der Waals surface area contributed by atoms with Crippen molar-refractivity contribution in [2.45, 2.75) is 31.2 Å². The van der Waals surface area contributed by atoms with Gasteiger partial charge in [-0.05, 0) is 61.3 Å². The Balaban J connectivity index is 1.25. The van der Waals surface area contributed by atoms with E-state index in [9.17, 15) is 23.1 Å². The van der Waals surface area contributed by atoms with Gasteiger partial charge in [-0.3, -0.25) is 9.69 Å². The number of aliphatic hydroxyl groups is 1. The summed E-state index contributed by atoms with van der Waals surface area (Å²) < 4.78 is 43.1. The van der Waals surface area contributed by atoms with Crippen LogP contribution in [0.5, 0.6) is 0 Å². The lowest BCUT2D eigenvalue weighted by Crippen LogP contribution is -2.46. The minimum atomic E-state index is -4.32. The molecule has 1 amide bonds. The van der Waals surface area contributed by atoms with E-state index in [1.165, 1.54) is 12.1 Å². The van der Waals surface area contributed by atoms with Crippen LogP contribution in [0.4, 0.5) is 18.9 Å². The molecule has 0 aliphatic carbocycles. The second-order valence-electron chi connectivity index (χ2n) is 8.34. The second kappa shape index (κ2) is 8.61. The number of piperidine rings is 1. The molecule has 2 heterocycles. The smallest absolute Gasteiger partial charge is 0.380 e. The van der Waals surface area contributed by atoms with E-state index in [1.54, 1.807) is 24.3 Å². The summed E-state index contributed by atoms with van der Waals surface area (Å²) in [5.74, 6) is -0.139. The third-order valence-corrected chi connectivity index (χ3v) is 6.02. The average molecular weight is 434 g/mol. The van der Waals surface area contributed by atoms with Crippen LogP contribution in [0.3, 0.4) is 0 Å². The fraction of sp³-hybridized carbons (Fsp3) is 0.435. The summed E-state index contributed by atoms with van der Waals surface area (Å²) in [5, 5.41) is 13.2. The Morgan fingerprint density at radius 2 is 1.68 bits per heavy atom. The summed E-state index contributed by atoms with van der Waals surface area (Å²) in [4.78, 5) is 14.8. The number of carbonyl (C=O) groups is 1. The normalized spacial score (nSPS) is 19.6. The van der Waals surface area contributed by atoms with Gasteiger partial charge in [-0.15, -0.1) is 0 Å². The highest BCUT2D eigenvalue weighted by molar-refractivity contribution is 5.92. The molecule has 0 bridgehead atoms. The van der Waals surface area contributed by atoms with E-state index in [2.05, 4.69) is 10.2 Å². The van der Waals surface area contributed by atoms with Crippen LogP contribution in [0.15, 0.2) is 48.5 Å². The summed E-state index contributed by atoms with van der Waals surface area (Å²) in [6.07, 6.45) is -2.93. The van der Waals surface area contributed by atoms with Gasteiger partial charge in [-0.1, -0.05) is 24.3 Å². The lowest BCUT2D eigenvalue weighted by molar-refractivity contribution is -0.184. The monoisotopic (exact) mass is 434 g/mol. The SMILES string of the molecule is O=C(Nc1ccc(C2(O)COC2)cc1)C1CCN(Cc2ccc(C(F)(F)F)cc2)CC1. The summed E-state index contributed by atoms with van der Waals surface area (Å²) in [6.45, 7) is 2.56. The molecular formula is C23H25F3N2O3. The molecule has 4 rings (SSSR count). The van der Waals surface area contributed by atoms with Gasteiger partial charge >= 0.3 is 6.18 Å². The molecule has 2 fully saturated rings. The third kappa shape index (κ3) is 5.08. The number of nitrogens with zero attached hydrogens (tertiary/aromatic N) is 1. The van der Waals surface area contributed by atoms with Crippen LogP contribution in [-0.2, 0) is 27.9 Å². The van der Waals surface area contributed by atoms with Gasteiger partial charge in [0.2, 0.25) is 5.91 Å². The number of amides is 1. The molecule has 8 heteroatoms. The van der Waals surface area contributed by atoms with E-state index in [0.29, 0.717) is 38.2 Å². The number of halogens is 3. The number of hydrogen-bond acceptors (Lipinski definition) is 4. The van der Waals surface area contributed by atoms with E-state index in [-0.39, 0.29) is 25.0 Å². The molecule has 166 valence electrons. The zero-order valence-corrected chi connectivity index (χ0v) is 17.0. The maximum absolute atomic E-state index is 12.7. The molecule has 2 N–H and O–H groups in total. The molecule has 0 saturated carbocycles. The first-order chi connectivity index (χ1) is 14.7. The Labute approximate surface area is 178 Å². The number of alkyl halides is 3. The van der Waals surface area contributed by atoms with Gasteiger partial charge in [0, 0.05) is 18.2 Å². The molecular weight excluding hydrogens is 409 g/mol. The van der Waals surface area contributed by atoms with E-state index in [4.69, 9.17) is 4.74 Å². The van der Waals surface area contributed by atoms with Crippen LogP contribution in [0, 0.1) is 5.92 Å². The first-order valence-electron chi connectivity index (χ1n) is 10.3. The summed E-state index contributed by atoms with van der Waals surface area (Å²) in [6, 6.07) is 12.4. The molecule has 2 aromatic carbocycles. The number of likely N-dealkylation sites (tertiary alicyclic amines) is 1. The van der Waals surface area contributed by atoms with Crippen molar-refractivity contribution in [3.05, 3.63) is 65.2 Å². The molecule has 0 unspecified atom stereocenters. The maximum atomic E-state index is 12.7. The highest BCUT2D eigenvalue weighted by Crippen LogP contribution is 2.31. The van der Waals surface area contributed by atoms with Crippen molar-refractivity contribution < 1.29 is 27.8 Å². The molecule has 0 spiro atoms. The Kier molecular flexibility index (Phi) is 6.05. The topological polar surface area (TPSA) is 61.8 Å². The summed E-state index contributed by atoms with van der Waals surface area (Å²) in [5.41, 5.74) is 0.713. The number of hydrogen-bond donors (Lipinski definition) is 2. The maximum Gasteiger partial charge on any atom is 0.416 e. The van der Waals surface area contributed by atoms with Crippen molar-refractivity contribution in [3.8, 4) is 0 Å². The molecule has 2 aromatic rings.